The van der Waals surface area contributed by atoms with E-state index in [1.165, 1.54) is 11.1 Å². The van der Waals surface area contributed by atoms with Gasteiger partial charge in [-0.1, -0.05) is 29.9 Å². The van der Waals surface area contributed by atoms with Gasteiger partial charge < -0.3 is 4.74 Å². The molecule has 1 nitrogen and oxygen atoms in total. The van der Waals surface area contributed by atoms with E-state index in [4.69, 9.17) is 4.74 Å². The third-order valence-corrected chi connectivity index (χ3v) is 2.54. The van der Waals surface area contributed by atoms with E-state index < -0.39 is 0 Å². The number of hydrogen-bond donors (Lipinski definition) is 0. The summed E-state index contributed by atoms with van der Waals surface area (Å²) in [6, 6.07) is 0. The smallest absolute Gasteiger partial charge is 0.0871 e. The average molecular weight is 176 g/mol. The van der Waals surface area contributed by atoms with Crippen molar-refractivity contribution in [2.24, 2.45) is 0 Å². The van der Waals surface area contributed by atoms with Crippen molar-refractivity contribution in [3.63, 3.8) is 0 Å². The van der Waals surface area contributed by atoms with Crippen molar-refractivity contribution in [3.8, 4) is 0 Å². The summed E-state index contributed by atoms with van der Waals surface area (Å²) in [7, 11) is 0. The molecule has 0 N–H and O–H groups in total. The Morgan fingerprint density at radius 1 is 1.46 bits per heavy atom. The highest BCUT2D eigenvalue weighted by Gasteiger charge is 2.27. The Balaban J connectivity index is 2.29. The van der Waals surface area contributed by atoms with Crippen molar-refractivity contribution in [1.29, 1.82) is 0 Å². The molecule has 2 aliphatic rings. The quantitative estimate of drug-likeness (QED) is 0.551. The highest BCUT2D eigenvalue weighted by molar-refractivity contribution is 5.38. The molecule has 0 saturated heterocycles. The van der Waals surface area contributed by atoms with E-state index in [-0.39, 0.29) is 11.7 Å². The number of hydrogen-bond acceptors (Lipinski definition) is 1. The van der Waals surface area contributed by atoms with Crippen molar-refractivity contribution in [2.75, 3.05) is 0 Å². The van der Waals surface area contributed by atoms with Crippen LogP contribution in [0.1, 0.15) is 27.2 Å². The van der Waals surface area contributed by atoms with Gasteiger partial charge in [-0.15, -0.1) is 0 Å². The molecule has 0 aromatic rings. The molecule has 0 radical (unpaired) electrons. The second-order valence-electron chi connectivity index (χ2n) is 4.37. The molecule has 1 aliphatic heterocycles. The molecule has 1 atom stereocenters. The molecule has 0 amide bonds. The van der Waals surface area contributed by atoms with E-state index >= 15 is 0 Å². The van der Waals surface area contributed by atoms with Crippen molar-refractivity contribution in [1.82, 2.24) is 0 Å². The fourth-order valence-electron chi connectivity index (χ4n) is 1.82. The zero-order valence-electron chi connectivity index (χ0n) is 8.50. The van der Waals surface area contributed by atoms with Crippen LogP contribution in [0.15, 0.2) is 35.5 Å². The van der Waals surface area contributed by atoms with E-state index in [9.17, 15) is 0 Å². The molecule has 0 aromatic heterocycles. The lowest BCUT2D eigenvalue weighted by molar-refractivity contribution is -0.0269. The van der Waals surface area contributed by atoms with Gasteiger partial charge in [0.15, 0.2) is 0 Å². The Labute approximate surface area is 79.8 Å². The minimum atomic E-state index is -0.0961. The fraction of sp³-hybridized carbons (Fsp3) is 0.500. The van der Waals surface area contributed by atoms with Crippen LogP contribution in [0.3, 0.4) is 0 Å². The topological polar surface area (TPSA) is 9.23 Å². The highest BCUT2D eigenvalue weighted by atomic mass is 16.5. The lowest BCUT2D eigenvalue weighted by Crippen LogP contribution is -2.33. The monoisotopic (exact) mass is 176 g/mol. The average Bonchev–Trinajstić information content (AvgIpc) is 2.05. The first-order chi connectivity index (χ1) is 6.07. The van der Waals surface area contributed by atoms with Gasteiger partial charge in [-0.25, -0.2) is 0 Å². The molecule has 13 heavy (non-hydrogen) atoms. The van der Waals surface area contributed by atoms with E-state index in [0.717, 1.165) is 6.42 Å². The third kappa shape index (κ3) is 1.75. The van der Waals surface area contributed by atoms with Crippen LogP contribution >= 0.6 is 0 Å². The van der Waals surface area contributed by atoms with Crippen molar-refractivity contribution in [3.05, 3.63) is 35.5 Å². The Bertz CT molecular complexity index is 305. The van der Waals surface area contributed by atoms with E-state index in [0.29, 0.717) is 0 Å². The molecule has 0 spiro atoms. The number of ether oxygens (including phenoxy) is 1. The predicted octanol–water partition coefficient (Wildman–Crippen LogP) is 3.00. The summed E-state index contributed by atoms with van der Waals surface area (Å²) in [5, 5.41) is 0. The summed E-state index contributed by atoms with van der Waals surface area (Å²) in [4.78, 5) is 0. The Morgan fingerprint density at radius 2 is 2.23 bits per heavy atom. The minimum Gasteiger partial charge on any atom is -0.363 e. The third-order valence-electron chi connectivity index (χ3n) is 2.54. The Hall–Kier alpha value is -0.820. The zero-order chi connectivity index (χ0) is 9.47. The second-order valence-corrected chi connectivity index (χ2v) is 4.37. The Kier molecular flexibility index (Phi) is 1.92. The summed E-state index contributed by atoms with van der Waals surface area (Å²) >= 11 is 0. The molecule has 1 unspecified atom stereocenters. The van der Waals surface area contributed by atoms with Crippen LogP contribution in [0.2, 0.25) is 0 Å². The van der Waals surface area contributed by atoms with Crippen LogP contribution < -0.4 is 0 Å². The van der Waals surface area contributed by atoms with Gasteiger partial charge in [-0.05, 0) is 32.8 Å². The van der Waals surface area contributed by atoms with Gasteiger partial charge in [0.1, 0.15) is 0 Å². The predicted molar refractivity (Wildman–Crippen MR) is 54.5 cm³/mol. The Morgan fingerprint density at radius 3 is 3.00 bits per heavy atom. The summed E-state index contributed by atoms with van der Waals surface area (Å²) in [5.74, 6) is 0. The van der Waals surface area contributed by atoms with Crippen LogP contribution in [-0.2, 0) is 4.74 Å². The molecular formula is C12H16O. The largest absolute Gasteiger partial charge is 0.363 e. The van der Waals surface area contributed by atoms with Gasteiger partial charge in [-0.2, -0.15) is 0 Å². The number of fused-ring (bicyclic) bond motifs is 1. The number of allylic oxidation sites excluding steroid dienone is 2. The van der Waals surface area contributed by atoms with E-state index in [1.54, 1.807) is 0 Å². The molecule has 0 fully saturated rings. The van der Waals surface area contributed by atoms with Gasteiger partial charge in [0, 0.05) is 0 Å². The maximum absolute atomic E-state index is 5.93. The first kappa shape index (κ1) is 8.76. The van der Waals surface area contributed by atoms with E-state index in [1.807, 2.05) is 0 Å². The maximum Gasteiger partial charge on any atom is 0.0871 e. The SMILES string of the molecule is CC1=CCC2OC(C)(C)C=CC2=C1. The molecule has 1 heteroatoms. The molecule has 0 aromatic carbocycles. The lowest BCUT2D eigenvalue weighted by Gasteiger charge is -2.34. The molecule has 0 saturated carbocycles. The summed E-state index contributed by atoms with van der Waals surface area (Å²) in [5.41, 5.74) is 2.57. The van der Waals surface area contributed by atoms with Crippen LogP contribution in [-0.4, -0.2) is 11.7 Å². The van der Waals surface area contributed by atoms with Crippen LogP contribution in [0.25, 0.3) is 0 Å². The van der Waals surface area contributed by atoms with Gasteiger partial charge >= 0.3 is 0 Å². The van der Waals surface area contributed by atoms with Crippen molar-refractivity contribution in [2.45, 2.75) is 38.9 Å². The minimum absolute atomic E-state index is 0.0961. The lowest BCUT2D eigenvalue weighted by atomic mass is 9.92. The second kappa shape index (κ2) is 2.85. The van der Waals surface area contributed by atoms with Crippen molar-refractivity contribution < 1.29 is 4.74 Å². The highest BCUT2D eigenvalue weighted by Crippen LogP contribution is 2.31. The first-order valence-corrected chi connectivity index (χ1v) is 4.82. The van der Waals surface area contributed by atoms with Gasteiger partial charge in [0.25, 0.3) is 0 Å². The van der Waals surface area contributed by atoms with Gasteiger partial charge in [0.2, 0.25) is 0 Å². The molecule has 2 rings (SSSR count). The van der Waals surface area contributed by atoms with Crippen molar-refractivity contribution >= 4 is 0 Å². The maximum atomic E-state index is 5.93. The molecule has 1 heterocycles. The zero-order valence-corrected chi connectivity index (χ0v) is 8.50. The fourth-order valence-corrected chi connectivity index (χ4v) is 1.82. The van der Waals surface area contributed by atoms with Gasteiger partial charge in [-0.3, -0.25) is 0 Å². The van der Waals surface area contributed by atoms with E-state index in [2.05, 4.69) is 45.1 Å². The van der Waals surface area contributed by atoms with Crippen LogP contribution in [0.5, 0.6) is 0 Å². The number of rotatable bonds is 0. The molecular weight excluding hydrogens is 160 g/mol. The first-order valence-electron chi connectivity index (χ1n) is 4.82. The standard InChI is InChI=1S/C12H16O/c1-9-4-5-11-10(8-9)6-7-12(2,3)13-11/h4,6-8,11H,5H2,1-3H3. The molecule has 1 aliphatic carbocycles. The summed E-state index contributed by atoms with van der Waals surface area (Å²) < 4.78 is 5.93. The molecule has 70 valence electrons. The van der Waals surface area contributed by atoms with Crippen LogP contribution in [0, 0.1) is 0 Å². The normalized spacial score (nSPS) is 30.5. The molecule has 0 bridgehead atoms. The summed E-state index contributed by atoms with van der Waals surface area (Å²) in [6.45, 7) is 6.34. The van der Waals surface area contributed by atoms with Crippen LogP contribution in [0.4, 0.5) is 0 Å². The van der Waals surface area contributed by atoms with Gasteiger partial charge in [0.05, 0.1) is 11.7 Å². The summed E-state index contributed by atoms with van der Waals surface area (Å²) in [6.07, 6.45) is 10.1.